The molecule has 8 heteroatoms. The molecule has 0 spiro atoms. The number of ether oxygens (including phenoxy) is 1. The molecule has 6 nitrogen and oxygen atoms in total. The summed E-state index contributed by atoms with van der Waals surface area (Å²) in [5, 5.41) is 3.05. The molecule has 0 aliphatic carbocycles. The Hall–Kier alpha value is -2.31. The second kappa shape index (κ2) is 7.11. The van der Waals surface area contributed by atoms with Crippen molar-refractivity contribution < 1.29 is 14.3 Å². The maximum Gasteiger partial charge on any atom is 0.262 e. The first kappa shape index (κ1) is 16.1. The van der Waals surface area contributed by atoms with Crippen molar-refractivity contribution in [2.24, 2.45) is 5.73 Å². The highest BCUT2D eigenvalue weighted by Crippen LogP contribution is 2.23. The third-order valence-corrected chi connectivity index (χ3v) is 3.14. The van der Waals surface area contributed by atoms with Gasteiger partial charge in [-0.15, -0.1) is 0 Å². The van der Waals surface area contributed by atoms with E-state index < -0.39 is 11.8 Å². The Morgan fingerprint density at radius 2 is 2.05 bits per heavy atom. The van der Waals surface area contributed by atoms with Crippen molar-refractivity contribution in [3.8, 4) is 5.75 Å². The van der Waals surface area contributed by atoms with Gasteiger partial charge in [0.25, 0.3) is 11.8 Å². The minimum Gasteiger partial charge on any atom is -0.483 e. The van der Waals surface area contributed by atoms with Gasteiger partial charge in [0.1, 0.15) is 5.75 Å². The average molecular weight is 340 g/mol. The van der Waals surface area contributed by atoms with Crippen molar-refractivity contribution in [1.29, 1.82) is 0 Å². The number of primary amides is 1. The number of carbonyl (C=O) groups excluding carboxylic acids is 2. The van der Waals surface area contributed by atoms with Crippen molar-refractivity contribution in [3.63, 3.8) is 0 Å². The SMILES string of the molecule is NC(=O)c1cc(Cl)ccc1OCC(=O)Nc1cccnc1Cl. The van der Waals surface area contributed by atoms with Crippen molar-refractivity contribution in [3.05, 3.63) is 52.3 Å². The van der Waals surface area contributed by atoms with Crippen LogP contribution in [0.1, 0.15) is 10.4 Å². The molecule has 1 heterocycles. The fourth-order valence-corrected chi connectivity index (χ4v) is 1.97. The Morgan fingerprint density at radius 3 is 2.73 bits per heavy atom. The number of halogens is 2. The first-order valence-electron chi connectivity index (χ1n) is 6.10. The highest BCUT2D eigenvalue weighted by Gasteiger charge is 2.12. The molecule has 0 radical (unpaired) electrons. The highest BCUT2D eigenvalue weighted by atomic mass is 35.5. The summed E-state index contributed by atoms with van der Waals surface area (Å²) in [5.41, 5.74) is 5.69. The third-order valence-electron chi connectivity index (χ3n) is 2.60. The van der Waals surface area contributed by atoms with Crippen LogP contribution in [0.5, 0.6) is 5.75 Å². The van der Waals surface area contributed by atoms with Gasteiger partial charge in [-0.3, -0.25) is 9.59 Å². The molecule has 0 aliphatic rings. The summed E-state index contributed by atoms with van der Waals surface area (Å²) in [5.74, 6) is -0.988. The van der Waals surface area contributed by atoms with E-state index >= 15 is 0 Å². The van der Waals surface area contributed by atoms with E-state index in [0.717, 1.165) is 0 Å². The molecule has 0 bridgehead atoms. The van der Waals surface area contributed by atoms with Gasteiger partial charge in [0.05, 0.1) is 11.3 Å². The average Bonchev–Trinajstić information content (AvgIpc) is 2.48. The van der Waals surface area contributed by atoms with Crippen LogP contribution in [-0.2, 0) is 4.79 Å². The topological polar surface area (TPSA) is 94.3 Å². The molecule has 0 aliphatic heterocycles. The summed E-state index contributed by atoms with van der Waals surface area (Å²) in [6.45, 7) is -0.326. The standard InChI is InChI=1S/C14H11Cl2N3O3/c15-8-3-4-11(9(6-8)14(17)21)22-7-12(20)19-10-2-1-5-18-13(10)16/h1-6H,7H2,(H2,17,21)(H,19,20). The molecule has 3 N–H and O–H groups in total. The fourth-order valence-electron chi connectivity index (χ4n) is 1.63. The minimum atomic E-state index is -0.701. The molecule has 1 aromatic heterocycles. The number of amides is 2. The zero-order chi connectivity index (χ0) is 16.1. The number of benzene rings is 1. The van der Waals surface area contributed by atoms with E-state index in [-0.39, 0.29) is 23.1 Å². The Kier molecular flexibility index (Phi) is 5.19. The van der Waals surface area contributed by atoms with Gasteiger partial charge in [-0.2, -0.15) is 0 Å². The molecule has 114 valence electrons. The normalized spacial score (nSPS) is 10.1. The third kappa shape index (κ3) is 4.09. The van der Waals surface area contributed by atoms with Gasteiger partial charge in [0.2, 0.25) is 0 Å². The number of anilines is 1. The first-order chi connectivity index (χ1) is 10.5. The predicted octanol–water partition coefficient (Wildman–Crippen LogP) is 2.50. The number of carbonyl (C=O) groups is 2. The summed E-state index contributed by atoms with van der Waals surface area (Å²) < 4.78 is 5.29. The van der Waals surface area contributed by atoms with E-state index in [9.17, 15) is 9.59 Å². The molecule has 2 aromatic rings. The molecule has 0 fully saturated rings. The monoisotopic (exact) mass is 339 g/mol. The second-order valence-electron chi connectivity index (χ2n) is 4.18. The number of nitrogens with zero attached hydrogens (tertiary/aromatic N) is 1. The number of rotatable bonds is 5. The lowest BCUT2D eigenvalue weighted by atomic mass is 10.2. The summed E-state index contributed by atoms with van der Waals surface area (Å²) >= 11 is 11.6. The molecule has 2 rings (SSSR count). The van der Waals surface area contributed by atoms with Crippen LogP contribution in [0.3, 0.4) is 0 Å². The molecule has 0 unspecified atom stereocenters. The maximum atomic E-state index is 11.8. The van der Waals surface area contributed by atoms with Crippen LogP contribution in [0.2, 0.25) is 10.2 Å². The summed E-state index contributed by atoms with van der Waals surface area (Å²) in [6, 6.07) is 7.60. The van der Waals surface area contributed by atoms with Gasteiger partial charge in [0, 0.05) is 11.2 Å². The van der Waals surface area contributed by atoms with Crippen LogP contribution in [0.25, 0.3) is 0 Å². The van der Waals surface area contributed by atoms with Gasteiger partial charge in [-0.05, 0) is 30.3 Å². The van der Waals surface area contributed by atoms with E-state index in [1.165, 1.54) is 24.4 Å². The largest absolute Gasteiger partial charge is 0.483 e. The summed E-state index contributed by atoms with van der Waals surface area (Å²) in [4.78, 5) is 27.0. The van der Waals surface area contributed by atoms with Gasteiger partial charge in [-0.25, -0.2) is 4.98 Å². The molecular formula is C14H11Cl2N3O3. The number of nitrogens with one attached hydrogen (secondary N) is 1. The van der Waals surface area contributed by atoms with Gasteiger partial charge in [0.15, 0.2) is 11.8 Å². The molecule has 1 aromatic carbocycles. The number of hydrogen-bond acceptors (Lipinski definition) is 4. The maximum absolute atomic E-state index is 11.8. The summed E-state index contributed by atoms with van der Waals surface area (Å²) in [7, 11) is 0. The van der Waals surface area contributed by atoms with E-state index in [4.69, 9.17) is 33.7 Å². The molecule has 22 heavy (non-hydrogen) atoms. The van der Waals surface area contributed by atoms with E-state index in [1.807, 2.05) is 0 Å². The lowest BCUT2D eigenvalue weighted by molar-refractivity contribution is -0.118. The predicted molar refractivity (Wildman–Crippen MR) is 83.3 cm³/mol. The van der Waals surface area contributed by atoms with Crippen LogP contribution in [0.4, 0.5) is 5.69 Å². The molecule has 0 saturated carbocycles. The smallest absolute Gasteiger partial charge is 0.262 e. The van der Waals surface area contributed by atoms with Crippen molar-refractivity contribution >= 4 is 40.7 Å². The van der Waals surface area contributed by atoms with Crippen molar-refractivity contribution in [2.45, 2.75) is 0 Å². The fraction of sp³-hybridized carbons (Fsp3) is 0.0714. The van der Waals surface area contributed by atoms with Gasteiger partial charge in [-0.1, -0.05) is 23.2 Å². The Morgan fingerprint density at radius 1 is 1.27 bits per heavy atom. The molecule has 2 amide bonds. The van der Waals surface area contributed by atoms with Crippen LogP contribution in [-0.4, -0.2) is 23.4 Å². The number of nitrogens with two attached hydrogens (primary N) is 1. The van der Waals surface area contributed by atoms with E-state index in [0.29, 0.717) is 10.7 Å². The first-order valence-corrected chi connectivity index (χ1v) is 6.85. The van der Waals surface area contributed by atoms with Crippen LogP contribution < -0.4 is 15.8 Å². The lowest BCUT2D eigenvalue weighted by Gasteiger charge is -2.10. The zero-order valence-corrected chi connectivity index (χ0v) is 12.7. The van der Waals surface area contributed by atoms with Crippen molar-refractivity contribution in [2.75, 3.05) is 11.9 Å². The Bertz CT molecular complexity index is 722. The lowest BCUT2D eigenvalue weighted by Crippen LogP contribution is -2.22. The quantitative estimate of drug-likeness (QED) is 0.818. The number of hydrogen-bond donors (Lipinski definition) is 2. The number of aromatic nitrogens is 1. The minimum absolute atomic E-state index is 0.0970. The van der Waals surface area contributed by atoms with Crippen LogP contribution in [0.15, 0.2) is 36.5 Å². The molecular weight excluding hydrogens is 329 g/mol. The Balaban J connectivity index is 2.03. The Labute approximate surface area is 136 Å². The van der Waals surface area contributed by atoms with E-state index in [2.05, 4.69) is 10.3 Å². The second-order valence-corrected chi connectivity index (χ2v) is 4.98. The number of pyridine rings is 1. The summed E-state index contributed by atoms with van der Waals surface area (Å²) in [6.07, 6.45) is 1.50. The van der Waals surface area contributed by atoms with Crippen LogP contribution >= 0.6 is 23.2 Å². The highest BCUT2D eigenvalue weighted by molar-refractivity contribution is 6.32. The zero-order valence-electron chi connectivity index (χ0n) is 11.2. The molecule has 0 saturated heterocycles. The van der Waals surface area contributed by atoms with E-state index in [1.54, 1.807) is 12.1 Å². The van der Waals surface area contributed by atoms with Gasteiger partial charge < -0.3 is 15.8 Å². The van der Waals surface area contributed by atoms with Crippen molar-refractivity contribution in [1.82, 2.24) is 4.98 Å². The van der Waals surface area contributed by atoms with Gasteiger partial charge >= 0.3 is 0 Å². The molecule has 0 atom stereocenters. The van der Waals surface area contributed by atoms with Crippen LogP contribution in [0, 0.1) is 0 Å².